The largest absolute Gasteiger partial charge is 0.466 e. The van der Waals surface area contributed by atoms with Gasteiger partial charge in [0.25, 0.3) is 5.56 Å². The van der Waals surface area contributed by atoms with Gasteiger partial charge >= 0.3 is 5.97 Å². The average molecular weight is 414 g/mol. The molecule has 142 valence electrons. The number of allylic oxidation sites excluding steroid dienone is 1. The SMILES string of the molecule is COC(=O)C1=C(C)N=c2s/c(=C/c3ccccc3F)c(=O)n2[C@@H]1c1cccs1. The maximum absolute atomic E-state index is 14.0. The number of hydrogen-bond donors (Lipinski definition) is 0. The van der Waals surface area contributed by atoms with Crippen LogP contribution < -0.4 is 14.9 Å². The van der Waals surface area contributed by atoms with E-state index >= 15 is 0 Å². The van der Waals surface area contributed by atoms with E-state index in [9.17, 15) is 14.0 Å². The number of benzene rings is 1. The van der Waals surface area contributed by atoms with Gasteiger partial charge in [0.1, 0.15) is 11.9 Å². The van der Waals surface area contributed by atoms with Crippen molar-refractivity contribution in [1.29, 1.82) is 0 Å². The number of methoxy groups -OCH3 is 1. The minimum Gasteiger partial charge on any atom is -0.466 e. The Morgan fingerprint density at radius 3 is 2.75 bits per heavy atom. The smallest absolute Gasteiger partial charge is 0.338 e. The number of thiophene rings is 1. The highest BCUT2D eigenvalue weighted by Crippen LogP contribution is 2.32. The number of carbonyl (C=O) groups is 1. The maximum Gasteiger partial charge on any atom is 0.338 e. The summed E-state index contributed by atoms with van der Waals surface area (Å²) in [6, 6.07) is 9.36. The number of aromatic nitrogens is 1. The zero-order valence-electron chi connectivity index (χ0n) is 15.0. The van der Waals surface area contributed by atoms with E-state index in [4.69, 9.17) is 4.74 Å². The standard InChI is InChI=1S/C20H15FN2O3S2/c1-11-16(19(25)26-2)17(14-8-5-9-27-14)23-18(24)15(28-20(23)22-11)10-12-6-3-4-7-13(12)21/h3-10,17H,1-2H3/b15-10+/t17-/m1/s1. The lowest BCUT2D eigenvalue weighted by Crippen LogP contribution is -2.39. The fourth-order valence-corrected chi connectivity index (χ4v) is 5.00. The van der Waals surface area contributed by atoms with Crippen LogP contribution in [0.2, 0.25) is 0 Å². The summed E-state index contributed by atoms with van der Waals surface area (Å²) in [5.74, 6) is -0.933. The van der Waals surface area contributed by atoms with Crippen molar-refractivity contribution in [3.05, 3.63) is 89.0 Å². The van der Waals surface area contributed by atoms with E-state index in [0.29, 0.717) is 26.2 Å². The Morgan fingerprint density at radius 1 is 1.29 bits per heavy atom. The van der Waals surface area contributed by atoms with E-state index in [-0.39, 0.29) is 5.56 Å². The van der Waals surface area contributed by atoms with E-state index in [1.807, 2.05) is 17.5 Å². The quantitative estimate of drug-likeness (QED) is 0.619. The summed E-state index contributed by atoms with van der Waals surface area (Å²) >= 11 is 2.61. The zero-order chi connectivity index (χ0) is 19.8. The normalized spacial score (nSPS) is 16.7. The molecule has 1 aliphatic heterocycles. The van der Waals surface area contributed by atoms with Crippen molar-refractivity contribution in [3.63, 3.8) is 0 Å². The molecule has 1 atom stereocenters. The van der Waals surface area contributed by atoms with Crippen molar-refractivity contribution in [2.24, 2.45) is 4.99 Å². The Hall–Kier alpha value is -2.84. The van der Waals surface area contributed by atoms with Crippen molar-refractivity contribution >= 4 is 34.7 Å². The number of nitrogens with zero attached hydrogens (tertiary/aromatic N) is 2. The predicted molar refractivity (Wildman–Crippen MR) is 107 cm³/mol. The highest BCUT2D eigenvalue weighted by Gasteiger charge is 2.33. The molecule has 0 fully saturated rings. The molecule has 4 rings (SSSR count). The Kier molecular flexibility index (Phi) is 4.82. The molecule has 5 nitrogen and oxygen atoms in total. The molecular formula is C20H15FN2O3S2. The highest BCUT2D eigenvalue weighted by atomic mass is 32.1. The lowest BCUT2D eigenvalue weighted by Gasteiger charge is -2.22. The van der Waals surface area contributed by atoms with E-state index in [1.54, 1.807) is 25.1 Å². The van der Waals surface area contributed by atoms with Gasteiger partial charge in [0.15, 0.2) is 4.80 Å². The first-order chi connectivity index (χ1) is 13.5. The van der Waals surface area contributed by atoms with Crippen molar-refractivity contribution in [2.75, 3.05) is 7.11 Å². The first-order valence-corrected chi connectivity index (χ1v) is 10.1. The second-order valence-electron chi connectivity index (χ2n) is 6.11. The van der Waals surface area contributed by atoms with Crippen molar-refractivity contribution in [3.8, 4) is 0 Å². The summed E-state index contributed by atoms with van der Waals surface area (Å²) in [4.78, 5) is 31.4. The maximum atomic E-state index is 14.0. The number of thiazole rings is 1. The second-order valence-corrected chi connectivity index (χ2v) is 8.10. The molecule has 0 N–H and O–H groups in total. The number of fused-ring (bicyclic) bond motifs is 1. The summed E-state index contributed by atoms with van der Waals surface area (Å²) in [7, 11) is 1.30. The lowest BCUT2D eigenvalue weighted by molar-refractivity contribution is -0.136. The first-order valence-electron chi connectivity index (χ1n) is 8.40. The minimum absolute atomic E-state index is 0.320. The van der Waals surface area contributed by atoms with Gasteiger partial charge in [0.05, 0.1) is 22.9 Å². The zero-order valence-corrected chi connectivity index (χ0v) is 16.6. The Bertz CT molecular complexity index is 1270. The molecule has 0 saturated carbocycles. The Balaban J connectivity index is 1.99. The summed E-state index contributed by atoms with van der Waals surface area (Å²) < 4.78 is 20.8. The van der Waals surface area contributed by atoms with Crippen LogP contribution in [-0.2, 0) is 9.53 Å². The number of ether oxygens (including phenoxy) is 1. The van der Waals surface area contributed by atoms with Gasteiger partial charge in [-0.3, -0.25) is 9.36 Å². The van der Waals surface area contributed by atoms with Crippen LogP contribution in [0.5, 0.6) is 0 Å². The molecule has 0 radical (unpaired) electrons. The van der Waals surface area contributed by atoms with Gasteiger partial charge in [0.2, 0.25) is 0 Å². The van der Waals surface area contributed by atoms with Crippen LogP contribution >= 0.6 is 22.7 Å². The molecule has 0 spiro atoms. The van der Waals surface area contributed by atoms with Crippen LogP contribution in [0.1, 0.15) is 23.4 Å². The van der Waals surface area contributed by atoms with Crippen LogP contribution in [0.15, 0.2) is 62.8 Å². The number of hydrogen-bond acceptors (Lipinski definition) is 6. The molecule has 0 bridgehead atoms. The molecule has 0 unspecified atom stereocenters. The third kappa shape index (κ3) is 3.04. The second kappa shape index (κ2) is 7.29. The average Bonchev–Trinajstić information content (AvgIpc) is 3.31. The van der Waals surface area contributed by atoms with Gasteiger partial charge in [0, 0.05) is 10.4 Å². The summed E-state index contributed by atoms with van der Waals surface area (Å²) in [6.07, 6.45) is 1.52. The van der Waals surface area contributed by atoms with E-state index in [2.05, 4.69) is 4.99 Å². The summed E-state index contributed by atoms with van der Waals surface area (Å²) in [5, 5.41) is 1.88. The highest BCUT2D eigenvalue weighted by molar-refractivity contribution is 7.10. The molecule has 0 saturated heterocycles. The Morgan fingerprint density at radius 2 is 2.07 bits per heavy atom. The molecule has 2 aromatic heterocycles. The van der Waals surface area contributed by atoms with Crippen molar-refractivity contribution in [2.45, 2.75) is 13.0 Å². The number of halogens is 1. The van der Waals surface area contributed by atoms with Crippen LogP contribution in [0, 0.1) is 5.82 Å². The van der Waals surface area contributed by atoms with Gasteiger partial charge in [-0.1, -0.05) is 35.6 Å². The molecule has 0 amide bonds. The molecule has 3 heterocycles. The van der Waals surface area contributed by atoms with Gasteiger partial charge in [-0.2, -0.15) is 0 Å². The molecule has 1 aliphatic rings. The monoisotopic (exact) mass is 414 g/mol. The number of rotatable bonds is 3. The van der Waals surface area contributed by atoms with E-state index in [1.165, 1.54) is 46.5 Å². The number of carbonyl (C=O) groups excluding carboxylic acids is 1. The fourth-order valence-electron chi connectivity index (χ4n) is 3.14. The molecule has 1 aromatic carbocycles. The van der Waals surface area contributed by atoms with Gasteiger partial charge in [-0.15, -0.1) is 11.3 Å². The minimum atomic E-state index is -0.619. The number of esters is 1. The topological polar surface area (TPSA) is 60.7 Å². The predicted octanol–water partition coefficient (Wildman–Crippen LogP) is 2.61. The van der Waals surface area contributed by atoms with Gasteiger partial charge in [-0.25, -0.2) is 14.2 Å². The molecular weight excluding hydrogens is 399 g/mol. The van der Waals surface area contributed by atoms with Crippen LogP contribution in [-0.4, -0.2) is 17.6 Å². The van der Waals surface area contributed by atoms with Gasteiger partial charge < -0.3 is 4.74 Å². The third-order valence-corrected chi connectivity index (χ3v) is 6.34. The van der Waals surface area contributed by atoms with Crippen LogP contribution in [0.3, 0.4) is 0 Å². The molecule has 28 heavy (non-hydrogen) atoms. The van der Waals surface area contributed by atoms with E-state index < -0.39 is 17.8 Å². The van der Waals surface area contributed by atoms with E-state index in [0.717, 1.165) is 4.88 Å². The summed E-state index contributed by atoms with van der Waals surface area (Å²) in [6.45, 7) is 1.72. The van der Waals surface area contributed by atoms with Crippen molar-refractivity contribution < 1.29 is 13.9 Å². The lowest BCUT2D eigenvalue weighted by atomic mass is 10.0. The summed E-state index contributed by atoms with van der Waals surface area (Å²) in [5.41, 5.74) is 0.836. The first kappa shape index (κ1) is 18.5. The van der Waals surface area contributed by atoms with Gasteiger partial charge in [-0.05, 0) is 30.5 Å². The van der Waals surface area contributed by atoms with Crippen LogP contribution in [0.4, 0.5) is 4.39 Å². The fraction of sp³-hybridized carbons (Fsp3) is 0.150. The molecule has 3 aromatic rings. The molecule has 0 aliphatic carbocycles. The molecule has 8 heteroatoms. The third-order valence-electron chi connectivity index (χ3n) is 4.43. The Labute approximate surface area is 167 Å². The van der Waals surface area contributed by atoms with Crippen molar-refractivity contribution in [1.82, 2.24) is 4.57 Å². The van der Waals surface area contributed by atoms with Crippen LogP contribution in [0.25, 0.3) is 6.08 Å².